The third kappa shape index (κ3) is 4.75. The minimum Gasteiger partial charge on any atom is -0.369 e. The van der Waals surface area contributed by atoms with E-state index in [1.165, 1.54) is 28.6 Å². The third-order valence-electron chi connectivity index (χ3n) is 4.12. The zero-order valence-corrected chi connectivity index (χ0v) is 14.1. The number of hydrogen-bond acceptors (Lipinski definition) is 5. The van der Waals surface area contributed by atoms with Gasteiger partial charge in [0.15, 0.2) is 0 Å². The van der Waals surface area contributed by atoms with Crippen LogP contribution in [0.1, 0.15) is 37.7 Å². The zero-order valence-electron chi connectivity index (χ0n) is 13.3. The van der Waals surface area contributed by atoms with Crippen molar-refractivity contribution in [3.05, 3.63) is 39.9 Å². The van der Waals surface area contributed by atoms with Gasteiger partial charge in [0.2, 0.25) is 15.9 Å². The van der Waals surface area contributed by atoms with Crippen LogP contribution >= 0.6 is 0 Å². The Morgan fingerprint density at radius 3 is 2.54 bits per heavy atom. The van der Waals surface area contributed by atoms with E-state index in [2.05, 4.69) is 0 Å². The monoisotopic (exact) mass is 355 g/mol. The highest BCUT2D eigenvalue weighted by Gasteiger charge is 2.32. The number of sulfonamides is 1. The van der Waals surface area contributed by atoms with Crippen LogP contribution in [0.2, 0.25) is 0 Å². The lowest BCUT2D eigenvalue weighted by atomic mass is 9.95. The Balaban J connectivity index is 2.24. The van der Waals surface area contributed by atoms with Crippen LogP contribution < -0.4 is 5.73 Å². The highest BCUT2D eigenvalue weighted by Crippen LogP contribution is 2.26. The number of carbonyl (C=O) groups excluding carboxylic acids is 1. The van der Waals surface area contributed by atoms with Gasteiger partial charge in [-0.15, -0.1) is 0 Å². The second kappa shape index (κ2) is 7.71. The number of hydrogen-bond donors (Lipinski definition) is 1. The Morgan fingerprint density at radius 2 is 1.96 bits per heavy atom. The molecule has 132 valence electrons. The fourth-order valence-corrected chi connectivity index (χ4v) is 4.79. The van der Waals surface area contributed by atoms with Crippen molar-refractivity contribution >= 4 is 21.6 Å². The van der Waals surface area contributed by atoms with E-state index in [4.69, 9.17) is 5.73 Å². The van der Waals surface area contributed by atoms with Crippen molar-refractivity contribution in [2.45, 2.75) is 43.9 Å². The van der Waals surface area contributed by atoms with Crippen LogP contribution in [0.25, 0.3) is 0 Å². The molecule has 1 aliphatic carbocycles. The number of benzene rings is 1. The van der Waals surface area contributed by atoms with Crippen molar-refractivity contribution in [2.75, 3.05) is 6.54 Å². The summed E-state index contributed by atoms with van der Waals surface area (Å²) >= 11 is 0. The molecule has 0 spiro atoms. The first-order chi connectivity index (χ1) is 11.3. The molecule has 24 heavy (non-hydrogen) atoms. The van der Waals surface area contributed by atoms with Crippen LogP contribution in [0, 0.1) is 10.1 Å². The molecule has 0 aromatic heterocycles. The molecule has 0 saturated heterocycles. The molecule has 0 bridgehead atoms. The molecule has 9 heteroatoms. The minimum absolute atomic E-state index is 0.165. The second-order valence-electron chi connectivity index (χ2n) is 5.99. The molecular weight excluding hydrogens is 334 g/mol. The molecule has 0 heterocycles. The molecule has 1 saturated carbocycles. The molecule has 0 unspecified atom stereocenters. The Hall–Kier alpha value is -2.00. The first-order valence-electron chi connectivity index (χ1n) is 7.81. The average Bonchev–Trinajstić information content (AvgIpc) is 2.53. The van der Waals surface area contributed by atoms with Gasteiger partial charge in [-0.25, -0.2) is 8.42 Å². The quantitative estimate of drug-likeness (QED) is 0.587. The maximum absolute atomic E-state index is 12.8. The van der Waals surface area contributed by atoms with Gasteiger partial charge in [-0.2, -0.15) is 4.31 Å². The van der Waals surface area contributed by atoms with Crippen molar-refractivity contribution < 1.29 is 18.1 Å². The normalized spacial score (nSPS) is 16.2. The van der Waals surface area contributed by atoms with Gasteiger partial charge in [-0.05, 0) is 18.4 Å². The third-order valence-corrected chi connectivity index (χ3v) is 5.96. The van der Waals surface area contributed by atoms with E-state index < -0.39 is 26.6 Å². The fourth-order valence-electron chi connectivity index (χ4n) is 3.03. The fraction of sp³-hybridized carbons (Fsp3) is 0.533. The number of carbonyl (C=O) groups is 1. The lowest BCUT2D eigenvalue weighted by Crippen LogP contribution is -2.46. The molecule has 0 atom stereocenters. The maximum atomic E-state index is 12.8. The number of amides is 1. The van der Waals surface area contributed by atoms with Crippen molar-refractivity contribution in [3.8, 4) is 0 Å². The molecule has 0 radical (unpaired) electrons. The molecule has 1 aromatic carbocycles. The number of non-ortho nitro benzene ring substituents is 1. The Kier molecular flexibility index (Phi) is 5.89. The van der Waals surface area contributed by atoms with Crippen molar-refractivity contribution in [1.82, 2.24) is 4.31 Å². The van der Waals surface area contributed by atoms with E-state index in [9.17, 15) is 23.3 Å². The van der Waals surface area contributed by atoms with Gasteiger partial charge in [-0.1, -0.05) is 31.4 Å². The van der Waals surface area contributed by atoms with E-state index in [-0.39, 0.29) is 18.3 Å². The largest absolute Gasteiger partial charge is 0.369 e. The Morgan fingerprint density at radius 1 is 1.29 bits per heavy atom. The topological polar surface area (TPSA) is 124 Å². The number of nitro benzene ring substituents is 1. The van der Waals surface area contributed by atoms with Gasteiger partial charge in [0.05, 0.1) is 17.2 Å². The molecule has 8 nitrogen and oxygen atoms in total. The van der Waals surface area contributed by atoms with Crippen LogP contribution in [-0.2, 0) is 20.6 Å². The summed E-state index contributed by atoms with van der Waals surface area (Å²) in [5, 5.41) is 10.8. The Bertz CT molecular complexity index is 714. The van der Waals surface area contributed by atoms with E-state index in [0.717, 1.165) is 19.3 Å². The van der Waals surface area contributed by atoms with Gasteiger partial charge in [0, 0.05) is 18.2 Å². The van der Waals surface area contributed by atoms with E-state index in [0.29, 0.717) is 18.4 Å². The lowest BCUT2D eigenvalue weighted by molar-refractivity contribution is -0.384. The number of nitrogens with two attached hydrogens (primary N) is 1. The average molecular weight is 355 g/mol. The molecule has 1 fully saturated rings. The summed E-state index contributed by atoms with van der Waals surface area (Å²) in [7, 11) is -3.80. The summed E-state index contributed by atoms with van der Waals surface area (Å²) in [6.45, 7) is -0.359. The number of rotatable bonds is 7. The second-order valence-corrected chi connectivity index (χ2v) is 7.91. The van der Waals surface area contributed by atoms with Gasteiger partial charge >= 0.3 is 0 Å². The van der Waals surface area contributed by atoms with Crippen molar-refractivity contribution in [2.24, 2.45) is 5.73 Å². The molecular formula is C15H21N3O5S. The molecule has 1 aromatic rings. The summed E-state index contributed by atoms with van der Waals surface area (Å²) in [5.41, 5.74) is 5.37. The molecule has 1 amide bonds. The summed E-state index contributed by atoms with van der Waals surface area (Å²) in [6.07, 6.45) is 4.26. The smallest absolute Gasteiger partial charge is 0.269 e. The summed E-state index contributed by atoms with van der Waals surface area (Å²) in [5.74, 6) is -1.10. The van der Waals surface area contributed by atoms with Crippen LogP contribution in [0.3, 0.4) is 0 Å². The highest BCUT2D eigenvalue weighted by atomic mass is 32.2. The highest BCUT2D eigenvalue weighted by molar-refractivity contribution is 7.88. The minimum atomic E-state index is -3.80. The molecule has 2 N–H and O–H groups in total. The van der Waals surface area contributed by atoms with Crippen LogP contribution in [-0.4, -0.2) is 36.1 Å². The van der Waals surface area contributed by atoms with Crippen molar-refractivity contribution in [1.29, 1.82) is 0 Å². The van der Waals surface area contributed by atoms with Gasteiger partial charge < -0.3 is 5.73 Å². The van der Waals surface area contributed by atoms with Gasteiger partial charge in [0.25, 0.3) is 5.69 Å². The predicted molar refractivity (Wildman–Crippen MR) is 88.5 cm³/mol. The molecule has 1 aliphatic rings. The maximum Gasteiger partial charge on any atom is 0.269 e. The summed E-state index contributed by atoms with van der Waals surface area (Å²) in [4.78, 5) is 21.6. The number of nitrogens with zero attached hydrogens (tertiary/aromatic N) is 2. The number of nitro groups is 1. The predicted octanol–water partition coefficient (Wildman–Crippen LogP) is 1.54. The SMILES string of the molecule is NC(=O)CN(C1CCCCC1)S(=O)(=O)Cc1cccc([N+](=O)[O-])c1. The Labute approximate surface area is 140 Å². The first-order valence-corrected chi connectivity index (χ1v) is 9.41. The molecule has 2 rings (SSSR count). The van der Waals surface area contributed by atoms with E-state index in [1.807, 2.05) is 0 Å². The standard InChI is InChI=1S/C15H21N3O5S/c16-15(19)10-17(13-6-2-1-3-7-13)24(22,23)11-12-5-4-8-14(9-12)18(20)21/h4-5,8-9,13H,1-3,6-7,10-11H2,(H2,16,19). The number of primary amides is 1. The van der Waals surface area contributed by atoms with E-state index >= 15 is 0 Å². The van der Waals surface area contributed by atoms with Crippen LogP contribution in [0.4, 0.5) is 5.69 Å². The van der Waals surface area contributed by atoms with Crippen LogP contribution in [0.15, 0.2) is 24.3 Å². The summed E-state index contributed by atoms with van der Waals surface area (Å²) in [6, 6.07) is 5.27. The molecule has 0 aliphatic heterocycles. The zero-order chi connectivity index (χ0) is 17.7. The lowest BCUT2D eigenvalue weighted by Gasteiger charge is -2.32. The van der Waals surface area contributed by atoms with Gasteiger partial charge in [0.1, 0.15) is 0 Å². The van der Waals surface area contributed by atoms with Crippen molar-refractivity contribution in [3.63, 3.8) is 0 Å². The van der Waals surface area contributed by atoms with Gasteiger partial charge in [-0.3, -0.25) is 14.9 Å². The first kappa shape index (κ1) is 18.3. The van der Waals surface area contributed by atoms with E-state index in [1.54, 1.807) is 0 Å². The van der Waals surface area contributed by atoms with Crippen LogP contribution in [0.5, 0.6) is 0 Å². The summed E-state index contributed by atoms with van der Waals surface area (Å²) < 4.78 is 26.7.